The number of nitrogens with zero attached hydrogens (tertiary/aromatic N) is 2. The first-order chi connectivity index (χ1) is 17.0. The fourth-order valence-electron chi connectivity index (χ4n) is 4.02. The van der Waals surface area contributed by atoms with Crippen molar-refractivity contribution in [3.8, 4) is 22.4 Å². The highest BCUT2D eigenvalue weighted by Gasteiger charge is 2.22. The number of ketones is 1. The van der Waals surface area contributed by atoms with Gasteiger partial charge >= 0.3 is 5.97 Å². The van der Waals surface area contributed by atoms with Gasteiger partial charge in [0.15, 0.2) is 0 Å². The quantitative estimate of drug-likeness (QED) is 0.200. The molecule has 0 spiro atoms. The van der Waals surface area contributed by atoms with Crippen LogP contribution in [0, 0.1) is 0 Å². The summed E-state index contributed by atoms with van der Waals surface area (Å²) in [5.41, 5.74) is 5.46. The molecule has 6 heteroatoms. The Hall–Kier alpha value is -4.22. The van der Waals surface area contributed by atoms with Crippen molar-refractivity contribution in [2.75, 3.05) is 6.61 Å². The van der Waals surface area contributed by atoms with E-state index in [0.29, 0.717) is 33.1 Å². The Kier molecular flexibility index (Phi) is 6.17. The van der Waals surface area contributed by atoms with Crippen LogP contribution in [0.1, 0.15) is 33.3 Å². The number of carbonyl (C=O) groups excluding carboxylic acids is 2. The normalized spacial score (nSPS) is 10.9. The van der Waals surface area contributed by atoms with Gasteiger partial charge in [-0.1, -0.05) is 66.2 Å². The van der Waals surface area contributed by atoms with Gasteiger partial charge < -0.3 is 4.74 Å². The highest BCUT2D eigenvalue weighted by molar-refractivity contribution is 6.30. The van der Waals surface area contributed by atoms with Crippen molar-refractivity contribution in [3.05, 3.63) is 119 Å². The molecule has 0 radical (unpaired) electrons. The highest BCUT2D eigenvalue weighted by Crippen LogP contribution is 2.27. The van der Waals surface area contributed by atoms with Crippen molar-refractivity contribution < 1.29 is 14.3 Å². The van der Waals surface area contributed by atoms with Crippen LogP contribution >= 0.6 is 11.6 Å². The van der Waals surface area contributed by atoms with Crippen LogP contribution in [0.3, 0.4) is 0 Å². The van der Waals surface area contributed by atoms with Gasteiger partial charge in [-0.3, -0.25) is 9.20 Å². The summed E-state index contributed by atoms with van der Waals surface area (Å²) >= 11 is 5.97. The van der Waals surface area contributed by atoms with Crippen molar-refractivity contribution in [2.45, 2.75) is 6.92 Å². The van der Waals surface area contributed by atoms with E-state index in [2.05, 4.69) is 17.1 Å². The average molecular weight is 481 g/mol. The lowest BCUT2D eigenvalue weighted by molar-refractivity contribution is 0.0529. The van der Waals surface area contributed by atoms with E-state index in [4.69, 9.17) is 16.3 Å². The van der Waals surface area contributed by atoms with Gasteiger partial charge in [-0.05, 0) is 54.4 Å². The van der Waals surface area contributed by atoms with E-state index < -0.39 is 5.97 Å². The molecular formula is C29H21ClN2O3. The Labute approximate surface area is 207 Å². The summed E-state index contributed by atoms with van der Waals surface area (Å²) in [7, 11) is 0. The van der Waals surface area contributed by atoms with Crippen LogP contribution in [0.15, 0.2) is 97.3 Å². The Morgan fingerprint density at radius 2 is 1.51 bits per heavy atom. The van der Waals surface area contributed by atoms with Gasteiger partial charge in [0.2, 0.25) is 5.78 Å². The third kappa shape index (κ3) is 4.46. The summed E-state index contributed by atoms with van der Waals surface area (Å²) in [6.45, 7) is 1.98. The molecule has 0 unspecified atom stereocenters. The molecule has 0 bridgehead atoms. The molecule has 0 aliphatic rings. The molecular weight excluding hydrogens is 460 g/mol. The van der Waals surface area contributed by atoms with E-state index in [1.807, 2.05) is 48.5 Å². The Balaban J connectivity index is 1.58. The lowest BCUT2D eigenvalue weighted by Crippen LogP contribution is -2.05. The molecule has 0 saturated heterocycles. The highest BCUT2D eigenvalue weighted by atomic mass is 35.5. The summed E-state index contributed by atoms with van der Waals surface area (Å²) in [4.78, 5) is 30.6. The number of rotatable bonds is 6. The van der Waals surface area contributed by atoms with Crippen LogP contribution in [0.5, 0.6) is 0 Å². The smallest absolute Gasteiger partial charge is 0.340 e. The lowest BCUT2D eigenvalue weighted by atomic mass is 10.0. The van der Waals surface area contributed by atoms with Gasteiger partial charge in [0, 0.05) is 16.1 Å². The fourth-order valence-corrected chi connectivity index (χ4v) is 4.14. The summed E-state index contributed by atoms with van der Waals surface area (Å²) in [6.07, 6.45) is 1.57. The summed E-state index contributed by atoms with van der Waals surface area (Å²) in [5, 5.41) is 0.540. The summed E-state index contributed by atoms with van der Waals surface area (Å²) < 4.78 is 6.89. The number of aromatic nitrogens is 2. The van der Waals surface area contributed by atoms with E-state index in [1.165, 1.54) is 0 Å². The zero-order valence-electron chi connectivity index (χ0n) is 18.9. The van der Waals surface area contributed by atoms with Gasteiger partial charge in [0.05, 0.1) is 29.1 Å². The second-order valence-corrected chi connectivity index (χ2v) is 8.41. The maximum absolute atomic E-state index is 13.2. The third-order valence-corrected chi connectivity index (χ3v) is 6.04. The Morgan fingerprint density at radius 3 is 2.20 bits per heavy atom. The van der Waals surface area contributed by atoms with Gasteiger partial charge in [0.1, 0.15) is 6.33 Å². The van der Waals surface area contributed by atoms with Crippen LogP contribution in [0.25, 0.3) is 27.9 Å². The molecule has 5 aromatic rings. The second kappa shape index (κ2) is 9.57. The molecule has 172 valence electrons. The molecule has 0 aliphatic heterocycles. The molecule has 5 rings (SSSR count). The largest absolute Gasteiger partial charge is 0.462 e. The van der Waals surface area contributed by atoms with Gasteiger partial charge in [-0.25, -0.2) is 9.78 Å². The maximum Gasteiger partial charge on any atom is 0.340 e. The first-order valence-corrected chi connectivity index (χ1v) is 11.6. The van der Waals surface area contributed by atoms with Crippen molar-refractivity contribution in [2.24, 2.45) is 0 Å². The van der Waals surface area contributed by atoms with Crippen LogP contribution in [-0.2, 0) is 4.74 Å². The SMILES string of the molecule is CCOC(=O)c1cc(C(=O)c2ccc(Cl)cc2)n2cnc(-c3ccc(-c4ccccc4)cc3)cc12. The second-order valence-electron chi connectivity index (χ2n) is 7.97. The summed E-state index contributed by atoms with van der Waals surface area (Å²) in [6, 6.07) is 28.2. The molecule has 0 fully saturated rings. The van der Waals surface area contributed by atoms with E-state index in [-0.39, 0.29) is 12.4 Å². The number of benzene rings is 3. The van der Waals surface area contributed by atoms with Gasteiger partial charge in [-0.2, -0.15) is 0 Å². The van der Waals surface area contributed by atoms with Crippen LogP contribution in [0.2, 0.25) is 5.02 Å². The molecule has 5 nitrogen and oxygen atoms in total. The van der Waals surface area contributed by atoms with Crippen molar-refractivity contribution in [1.82, 2.24) is 9.38 Å². The number of halogens is 1. The molecule has 35 heavy (non-hydrogen) atoms. The van der Waals surface area contributed by atoms with E-state index >= 15 is 0 Å². The number of esters is 1. The number of fused-ring (bicyclic) bond motifs is 1. The predicted octanol–water partition coefficient (Wildman–Crippen LogP) is 6.73. The fraction of sp³-hybridized carbons (Fsp3) is 0.0690. The summed E-state index contributed by atoms with van der Waals surface area (Å²) in [5.74, 6) is -0.731. The molecule has 2 heterocycles. The Morgan fingerprint density at radius 1 is 0.857 bits per heavy atom. The standard InChI is InChI=1S/C29H21ClN2O3/c1-2-35-29(34)24-16-27(28(33)22-12-14-23(30)15-13-22)32-18-31-25(17-26(24)32)21-10-8-20(9-11-21)19-6-4-3-5-7-19/h3-18H,2H2,1H3. The molecule has 0 amide bonds. The van der Waals surface area contributed by atoms with E-state index in [9.17, 15) is 9.59 Å². The molecule has 0 atom stereocenters. The number of hydrogen-bond donors (Lipinski definition) is 0. The first-order valence-electron chi connectivity index (χ1n) is 11.2. The first kappa shape index (κ1) is 22.6. The minimum absolute atomic E-state index is 0.232. The van der Waals surface area contributed by atoms with Gasteiger partial charge in [0.25, 0.3) is 0 Å². The van der Waals surface area contributed by atoms with E-state index in [0.717, 1.165) is 16.7 Å². The van der Waals surface area contributed by atoms with E-state index in [1.54, 1.807) is 48.0 Å². The zero-order valence-corrected chi connectivity index (χ0v) is 19.7. The minimum Gasteiger partial charge on any atom is -0.462 e. The Bertz CT molecular complexity index is 1520. The number of hydrogen-bond acceptors (Lipinski definition) is 4. The average Bonchev–Trinajstić information content (AvgIpc) is 3.28. The molecule has 3 aromatic carbocycles. The topological polar surface area (TPSA) is 60.7 Å². The molecule has 0 aliphatic carbocycles. The van der Waals surface area contributed by atoms with Crippen molar-refractivity contribution >= 4 is 28.9 Å². The van der Waals surface area contributed by atoms with Crippen LogP contribution in [0.4, 0.5) is 0 Å². The molecule has 0 saturated carbocycles. The zero-order chi connectivity index (χ0) is 24.4. The maximum atomic E-state index is 13.2. The van der Waals surface area contributed by atoms with Crippen molar-refractivity contribution in [3.63, 3.8) is 0 Å². The number of carbonyl (C=O) groups is 2. The van der Waals surface area contributed by atoms with Crippen LogP contribution in [-0.4, -0.2) is 27.7 Å². The third-order valence-electron chi connectivity index (χ3n) is 5.78. The van der Waals surface area contributed by atoms with Crippen molar-refractivity contribution in [1.29, 1.82) is 0 Å². The monoisotopic (exact) mass is 480 g/mol. The van der Waals surface area contributed by atoms with Gasteiger partial charge in [-0.15, -0.1) is 0 Å². The number of ether oxygens (including phenoxy) is 1. The predicted molar refractivity (Wildman–Crippen MR) is 137 cm³/mol. The van der Waals surface area contributed by atoms with Crippen LogP contribution < -0.4 is 0 Å². The molecule has 0 N–H and O–H groups in total. The molecule has 2 aromatic heterocycles. The minimum atomic E-state index is -0.489. The lowest BCUT2D eigenvalue weighted by Gasteiger charge is -2.07.